The fourth-order valence-electron chi connectivity index (χ4n) is 1.38. The molecule has 2 heterocycles. The zero-order valence-corrected chi connectivity index (χ0v) is 9.94. The van der Waals surface area contributed by atoms with Crippen LogP contribution < -0.4 is 5.32 Å². The van der Waals surface area contributed by atoms with Crippen LogP contribution in [0.4, 0.5) is 5.82 Å². The monoisotopic (exact) mass is 234 g/mol. The van der Waals surface area contributed by atoms with Gasteiger partial charge in [0.1, 0.15) is 0 Å². The molecule has 0 spiro atoms. The van der Waals surface area contributed by atoms with E-state index in [0.29, 0.717) is 17.3 Å². The molecule has 1 amide bonds. The van der Waals surface area contributed by atoms with Gasteiger partial charge in [-0.15, -0.1) is 0 Å². The predicted molar refractivity (Wildman–Crippen MR) is 61.9 cm³/mol. The summed E-state index contributed by atoms with van der Waals surface area (Å²) in [5, 5.41) is 13.1. The Morgan fingerprint density at radius 3 is 2.82 bits per heavy atom. The van der Waals surface area contributed by atoms with Crippen LogP contribution in [-0.2, 0) is 0 Å². The van der Waals surface area contributed by atoms with Crippen LogP contribution in [0.25, 0.3) is 0 Å². The van der Waals surface area contributed by atoms with Crippen LogP contribution in [0.2, 0.25) is 0 Å². The third-order valence-electron chi connectivity index (χ3n) is 2.42. The van der Waals surface area contributed by atoms with Crippen molar-refractivity contribution in [2.24, 2.45) is 0 Å². The number of hydrogen-bond acceptors (Lipinski definition) is 4. The number of nitrogens with one attached hydrogen (secondary N) is 2. The number of aromatic nitrogens is 3. The van der Waals surface area contributed by atoms with E-state index in [-0.39, 0.29) is 11.7 Å². The Morgan fingerprint density at radius 2 is 2.29 bits per heavy atom. The lowest BCUT2D eigenvalue weighted by Crippen LogP contribution is -2.12. The molecule has 6 heteroatoms. The first kappa shape index (κ1) is 11.4. The molecule has 2 N–H and O–H groups in total. The maximum Gasteiger partial charge on any atom is 0.295 e. The summed E-state index contributed by atoms with van der Waals surface area (Å²) < 4.78 is 4.85. The van der Waals surface area contributed by atoms with Crippen molar-refractivity contribution in [1.82, 2.24) is 15.4 Å². The van der Waals surface area contributed by atoms with Crippen molar-refractivity contribution in [3.05, 3.63) is 29.3 Å². The molecular formula is C11H14N4O2. The first-order chi connectivity index (χ1) is 8.08. The Morgan fingerprint density at radius 1 is 1.53 bits per heavy atom. The van der Waals surface area contributed by atoms with Gasteiger partial charge in [-0.05, 0) is 12.8 Å². The fourth-order valence-corrected chi connectivity index (χ4v) is 1.38. The van der Waals surface area contributed by atoms with Gasteiger partial charge in [0.25, 0.3) is 5.91 Å². The van der Waals surface area contributed by atoms with Gasteiger partial charge in [-0.25, -0.2) is 0 Å². The standard InChI is InChI=1S/C11H14N4O2/c1-6(2)8-4-9(15-14-8)13-11(16)10-7(3)5-12-17-10/h4-6H,1-3H3,(H2,13,14,15,16). The summed E-state index contributed by atoms with van der Waals surface area (Å²) in [4.78, 5) is 11.8. The quantitative estimate of drug-likeness (QED) is 0.851. The zero-order chi connectivity index (χ0) is 12.4. The van der Waals surface area contributed by atoms with E-state index in [2.05, 4.69) is 20.7 Å². The van der Waals surface area contributed by atoms with Gasteiger partial charge in [-0.1, -0.05) is 19.0 Å². The second kappa shape index (κ2) is 4.40. The van der Waals surface area contributed by atoms with Gasteiger partial charge in [-0.2, -0.15) is 5.10 Å². The smallest absolute Gasteiger partial charge is 0.295 e. The highest BCUT2D eigenvalue weighted by Gasteiger charge is 2.15. The number of aryl methyl sites for hydroxylation is 1. The topological polar surface area (TPSA) is 83.8 Å². The lowest BCUT2D eigenvalue weighted by atomic mass is 10.1. The Labute approximate surface area is 98.4 Å². The van der Waals surface area contributed by atoms with Crippen LogP contribution in [0.5, 0.6) is 0 Å². The van der Waals surface area contributed by atoms with E-state index in [1.165, 1.54) is 6.20 Å². The van der Waals surface area contributed by atoms with E-state index in [1.54, 1.807) is 13.0 Å². The summed E-state index contributed by atoms with van der Waals surface area (Å²) in [6.45, 7) is 5.84. The molecule has 2 rings (SSSR count). The maximum atomic E-state index is 11.8. The Bertz CT molecular complexity index is 527. The van der Waals surface area contributed by atoms with Gasteiger partial charge >= 0.3 is 0 Å². The van der Waals surface area contributed by atoms with E-state index in [0.717, 1.165) is 5.69 Å². The Kier molecular flexibility index (Phi) is 2.95. The third kappa shape index (κ3) is 2.35. The highest BCUT2D eigenvalue weighted by molar-refractivity contribution is 6.02. The Balaban J connectivity index is 2.11. The molecule has 0 atom stereocenters. The van der Waals surface area contributed by atoms with Crippen LogP contribution in [0.3, 0.4) is 0 Å². The molecule has 0 bridgehead atoms. The molecule has 6 nitrogen and oxygen atoms in total. The number of rotatable bonds is 3. The largest absolute Gasteiger partial charge is 0.351 e. The van der Waals surface area contributed by atoms with Crippen molar-refractivity contribution < 1.29 is 9.32 Å². The van der Waals surface area contributed by atoms with Crippen molar-refractivity contribution >= 4 is 11.7 Å². The molecule has 0 aliphatic carbocycles. The number of carbonyl (C=O) groups excluding carboxylic acids is 1. The van der Waals surface area contributed by atoms with Crippen LogP contribution >= 0.6 is 0 Å². The Hall–Kier alpha value is -2.11. The molecule has 0 aromatic carbocycles. The molecular weight excluding hydrogens is 220 g/mol. The summed E-state index contributed by atoms with van der Waals surface area (Å²) in [7, 11) is 0. The normalized spacial score (nSPS) is 10.8. The van der Waals surface area contributed by atoms with Crippen molar-refractivity contribution in [3.63, 3.8) is 0 Å². The second-order valence-electron chi connectivity index (χ2n) is 4.16. The summed E-state index contributed by atoms with van der Waals surface area (Å²) in [6, 6.07) is 1.80. The minimum absolute atomic E-state index is 0.207. The minimum atomic E-state index is -0.346. The van der Waals surface area contributed by atoms with Gasteiger partial charge in [0.15, 0.2) is 5.82 Å². The number of amides is 1. The molecule has 2 aromatic heterocycles. The minimum Gasteiger partial charge on any atom is -0.351 e. The summed E-state index contributed by atoms with van der Waals surface area (Å²) in [6.07, 6.45) is 1.50. The van der Waals surface area contributed by atoms with E-state index in [4.69, 9.17) is 4.52 Å². The number of hydrogen-bond donors (Lipinski definition) is 2. The van der Waals surface area contributed by atoms with Crippen LogP contribution in [-0.4, -0.2) is 21.3 Å². The molecule has 0 aliphatic heterocycles. The van der Waals surface area contributed by atoms with Crippen LogP contribution in [0, 0.1) is 6.92 Å². The molecule has 0 fully saturated rings. The van der Waals surface area contributed by atoms with E-state index in [1.807, 2.05) is 13.8 Å². The number of H-pyrrole nitrogens is 1. The number of nitrogens with zero attached hydrogens (tertiary/aromatic N) is 2. The highest BCUT2D eigenvalue weighted by atomic mass is 16.5. The molecule has 17 heavy (non-hydrogen) atoms. The zero-order valence-electron chi connectivity index (χ0n) is 9.94. The van der Waals surface area contributed by atoms with E-state index < -0.39 is 0 Å². The number of carbonyl (C=O) groups is 1. The van der Waals surface area contributed by atoms with Gasteiger partial charge in [0.05, 0.1) is 6.20 Å². The van der Waals surface area contributed by atoms with Gasteiger partial charge in [0, 0.05) is 17.3 Å². The third-order valence-corrected chi connectivity index (χ3v) is 2.42. The molecule has 0 unspecified atom stereocenters. The molecule has 2 aromatic rings. The van der Waals surface area contributed by atoms with E-state index in [9.17, 15) is 4.79 Å². The molecule has 0 saturated heterocycles. The summed E-state index contributed by atoms with van der Waals surface area (Å²) in [5.74, 6) is 0.676. The van der Waals surface area contributed by atoms with Gasteiger partial charge in [-0.3, -0.25) is 9.89 Å². The fraction of sp³-hybridized carbons (Fsp3) is 0.364. The number of anilines is 1. The van der Waals surface area contributed by atoms with Crippen molar-refractivity contribution in [2.45, 2.75) is 26.7 Å². The summed E-state index contributed by atoms with van der Waals surface area (Å²) >= 11 is 0. The van der Waals surface area contributed by atoms with Gasteiger partial charge in [0.2, 0.25) is 5.76 Å². The SMILES string of the molecule is Cc1cnoc1C(=O)Nc1cc(C(C)C)[nH]n1. The first-order valence-electron chi connectivity index (χ1n) is 5.36. The maximum absolute atomic E-state index is 11.8. The van der Waals surface area contributed by atoms with Gasteiger partial charge < -0.3 is 9.84 Å². The predicted octanol–water partition coefficient (Wildman–Crippen LogP) is 2.08. The first-order valence-corrected chi connectivity index (χ1v) is 5.36. The molecule has 0 radical (unpaired) electrons. The molecule has 90 valence electrons. The lowest BCUT2D eigenvalue weighted by Gasteiger charge is -1.98. The average molecular weight is 234 g/mol. The second-order valence-corrected chi connectivity index (χ2v) is 4.16. The van der Waals surface area contributed by atoms with Crippen LogP contribution in [0.15, 0.2) is 16.8 Å². The highest BCUT2D eigenvalue weighted by Crippen LogP contribution is 2.16. The molecule has 0 saturated carbocycles. The average Bonchev–Trinajstić information content (AvgIpc) is 2.86. The summed E-state index contributed by atoms with van der Waals surface area (Å²) in [5.41, 5.74) is 1.66. The van der Waals surface area contributed by atoms with Crippen LogP contribution in [0.1, 0.15) is 41.6 Å². The van der Waals surface area contributed by atoms with Crippen molar-refractivity contribution in [3.8, 4) is 0 Å². The van der Waals surface area contributed by atoms with Crippen molar-refractivity contribution in [2.75, 3.05) is 5.32 Å². The molecule has 0 aliphatic rings. The lowest BCUT2D eigenvalue weighted by molar-refractivity contribution is 0.0986. The van der Waals surface area contributed by atoms with E-state index >= 15 is 0 Å². The number of aromatic amines is 1. The van der Waals surface area contributed by atoms with Crippen molar-refractivity contribution in [1.29, 1.82) is 0 Å².